The highest BCUT2D eigenvalue weighted by molar-refractivity contribution is 5.97. The molecular formula is C23H25N5O4. The van der Waals surface area contributed by atoms with E-state index in [0.29, 0.717) is 43.5 Å². The topological polar surface area (TPSA) is 112 Å². The fraction of sp³-hybridized carbons (Fsp3) is 0.304. The highest BCUT2D eigenvalue weighted by Crippen LogP contribution is 2.17. The highest BCUT2D eigenvalue weighted by Gasteiger charge is 2.26. The Balaban J connectivity index is 1.29. The van der Waals surface area contributed by atoms with E-state index in [1.54, 1.807) is 35.2 Å². The Kier molecular flexibility index (Phi) is 6.88. The number of carbonyl (C=O) groups excluding carboxylic acids is 2. The summed E-state index contributed by atoms with van der Waals surface area (Å²) in [5, 5.41) is 16.7. The van der Waals surface area contributed by atoms with Gasteiger partial charge in [-0.2, -0.15) is 4.98 Å². The summed E-state index contributed by atoms with van der Waals surface area (Å²) in [5.41, 5.74) is 1.25. The van der Waals surface area contributed by atoms with Gasteiger partial charge in [-0.25, -0.2) is 0 Å². The maximum atomic E-state index is 12.6. The van der Waals surface area contributed by atoms with E-state index >= 15 is 0 Å². The van der Waals surface area contributed by atoms with Crippen molar-refractivity contribution in [1.29, 1.82) is 0 Å². The molecule has 1 aliphatic rings. The SMILES string of the molecule is O=C(NC(O)C(=O)N1CCCN(Cc2noc(-c3ccccc3)n2)CC1)c1ccccc1. The zero-order valence-corrected chi connectivity index (χ0v) is 17.6. The quantitative estimate of drug-likeness (QED) is 0.565. The van der Waals surface area contributed by atoms with Crippen LogP contribution < -0.4 is 5.32 Å². The van der Waals surface area contributed by atoms with Crippen LogP contribution >= 0.6 is 0 Å². The first-order valence-corrected chi connectivity index (χ1v) is 10.5. The van der Waals surface area contributed by atoms with Gasteiger partial charge in [0.15, 0.2) is 5.82 Å². The lowest BCUT2D eigenvalue weighted by molar-refractivity contribution is -0.141. The molecule has 3 aromatic rings. The van der Waals surface area contributed by atoms with Crippen LogP contribution in [0.3, 0.4) is 0 Å². The predicted molar refractivity (Wildman–Crippen MR) is 116 cm³/mol. The van der Waals surface area contributed by atoms with Crippen molar-refractivity contribution in [2.75, 3.05) is 26.2 Å². The summed E-state index contributed by atoms with van der Waals surface area (Å²) in [6.45, 7) is 2.78. The number of benzene rings is 2. The standard InChI is InChI=1S/C23H25N5O4/c29-20(17-8-3-1-4-9-17)25-21(30)23(31)28-13-7-12-27(14-15-28)16-19-24-22(32-26-19)18-10-5-2-6-11-18/h1-6,8-11,21,30H,7,12-16H2,(H,25,29). The molecule has 9 heteroatoms. The highest BCUT2D eigenvalue weighted by atomic mass is 16.5. The van der Waals surface area contributed by atoms with Crippen molar-refractivity contribution in [2.24, 2.45) is 0 Å². The summed E-state index contributed by atoms with van der Waals surface area (Å²) in [4.78, 5) is 33.0. The number of nitrogens with zero attached hydrogens (tertiary/aromatic N) is 4. The lowest BCUT2D eigenvalue weighted by atomic mass is 10.2. The molecule has 1 unspecified atom stereocenters. The largest absolute Gasteiger partial charge is 0.365 e. The molecule has 166 valence electrons. The summed E-state index contributed by atoms with van der Waals surface area (Å²) in [5.74, 6) is 0.0552. The third-order valence-electron chi connectivity index (χ3n) is 5.29. The molecule has 0 radical (unpaired) electrons. The van der Waals surface area contributed by atoms with Crippen molar-refractivity contribution >= 4 is 11.8 Å². The summed E-state index contributed by atoms with van der Waals surface area (Å²) in [7, 11) is 0. The lowest BCUT2D eigenvalue weighted by Gasteiger charge is -2.24. The van der Waals surface area contributed by atoms with Gasteiger partial charge in [0.05, 0.1) is 6.54 Å². The molecule has 1 aliphatic heterocycles. The second-order valence-corrected chi connectivity index (χ2v) is 7.58. The van der Waals surface area contributed by atoms with E-state index in [2.05, 4.69) is 20.4 Å². The second kappa shape index (κ2) is 10.2. The first-order valence-electron chi connectivity index (χ1n) is 10.5. The average Bonchev–Trinajstić information content (AvgIpc) is 3.17. The van der Waals surface area contributed by atoms with Crippen LogP contribution in [0.2, 0.25) is 0 Å². The maximum absolute atomic E-state index is 12.6. The van der Waals surface area contributed by atoms with Crippen LogP contribution in [-0.2, 0) is 11.3 Å². The zero-order chi connectivity index (χ0) is 22.3. The molecule has 2 amide bonds. The number of hydrogen-bond donors (Lipinski definition) is 2. The summed E-state index contributed by atoms with van der Waals surface area (Å²) < 4.78 is 5.36. The summed E-state index contributed by atoms with van der Waals surface area (Å²) >= 11 is 0. The van der Waals surface area contributed by atoms with Crippen LogP contribution in [0, 0.1) is 0 Å². The Morgan fingerprint density at radius 3 is 2.47 bits per heavy atom. The number of carbonyl (C=O) groups is 2. The molecule has 1 fully saturated rings. The Labute approximate surface area is 185 Å². The molecule has 0 aliphatic carbocycles. The monoisotopic (exact) mass is 435 g/mol. The van der Waals surface area contributed by atoms with Gasteiger partial charge in [-0.1, -0.05) is 41.6 Å². The number of aromatic nitrogens is 2. The van der Waals surface area contributed by atoms with E-state index in [1.807, 2.05) is 30.3 Å². The van der Waals surface area contributed by atoms with Crippen molar-refractivity contribution < 1.29 is 19.2 Å². The average molecular weight is 435 g/mol. The van der Waals surface area contributed by atoms with Crippen molar-refractivity contribution in [2.45, 2.75) is 19.2 Å². The van der Waals surface area contributed by atoms with E-state index in [-0.39, 0.29) is 0 Å². The van der Waals surface area contributed by atoms with Crippen molar-refractivity contribution in [3.8, 4) is 11.5 Å². The van der Waals surface area contributed by atoms with Gasteiger partial charge in [-0.3, -0.25) is 14.5 Å². The number of nitrogens with one attached hydrogen (secondary N) is 1. The van der Waals surface area contributed by atoms with Crippen LogP contribution in [0.5, 0.6) is 0 Å². The fourth-order valence-electron chi connectivity index (χ4n) is 3.60. The molecule has 2 N–H and O–H groups in total. The lowest BCUT2D eigenvalue weighted by Crippen LogP contribution is -2.49. The summed E-state index contributed by atoms with van der Waals surface area (Å²) in [6, 6.07) is 18.1. The maximum Gasteiger partial charge on any atom is 0.272 e. The molecule has 0 saturated carbocycles. The molecule has 4 rings (SSSR count). The number of rotatable bonds is 6. The Morgan fingerprint density at radius 1 is 1.00 bits per heavy atom. The van der Waals surface area contributed by atoms with E-state index < -0.39 is 18.0 Å². The molecule has 1 atom stereocenters. The number of aliphatic hydroxyl groups excluding tert-OH is 1. The fourth-order valence-corrected chi connectivity index (χ4v) is 3.60. The molecule has 32 heavy (non-hydrogen) atoms. The van der Waals surface area contributed by atoms with Crippen molar-refractivity contribution in [3.63, 3.8) is 0 Å². The molecule has 2 aromatic carbocycles. The first kappa shape index (κ1) is 21.7. The Bertz CT molecular complexity index is 1040. The molecule has 0 spiro atoms. The van der Waals surface area contributed by atoms with E-state index in [4.69, 9.17) is 4.52 Å². The normalized spacial score (nSPS) is 15.7. The van der Waals surface area contributed by atoms with Gasteiger partial charge in [0.1, 0.15) is 0 Å². The molecule has 9 nitrogen and oxygen atoms in total. The van der Waals surface area contributed by atoms with Crippen LogP contribution in [0.15, 0.2) is 65.2 Å². The molecular weight excluding hydrogens is 410 g/mol. The first-order chi connectivity index (χ1) is 15.6. The van der Waals surface area contributed by atoms with E-state index in [9.17, 15) is 14.7 Å². The van der Waals surface area contributed by atoms with Crippen LogP contribution in [0.4, 0.5) is 0 Å². The molecule has 1 saturated heterocycles. The van der Waals surface area contributed by atoms with Crippen LogP contribution in [-0.4, -0.2) is 69.3 Å². The van der Waals surface area contributed by atoms with E-state index in [1.165, 1.54) is 0 Å². The predicted octanol–water partition coefficient (Wildman–Crippen LogP) is 1.52. The van der Waals surface area contributed by atoms with Gasteiger partial charge in [0.2, 0.25) is 6.23 Å². The third-order valence-corrected chi connectivity index (χ3v) is 5.29. The smallest absolute Gasteiger partial charge is 0.272 e. The zero-order valence-electron chi connectivity index (χ0n) is 17.6. The number of amides is 2. The van der Waals surface area contributed by atoms with Gasteiger partial charge in [0.25, 0.3) is 17.7 Å². The summed E-state index contributed by atoms with van der Waals surface area (Å²) in [6.07, 6.45) is -0.853. The van der Waals surface area contributed by atoms with Gasteiger partial charge in [0, 0.05) is 37.3 Å². The van der Waals surface area contributed by atoms with Gasteiger partial charge in [-0.05, 0) is 30.7 Å². The minimum atomic E-state index is -1.58. The second-order valence-electron chi connectivity index (χ2n) is 7.58. The van der Waals surface area contributed by atoms with Gasteiger partial charge in [-0.15, -0.1) is 0 Å². The van der Waals surface area contributed by atoms with Gasteiger partial charge < -0.3 is 19.8 Å². The van der Waals surface area contributed by atoms with Crippen molar-refractivity contribution in [3.05, 3.63) is 72.1 Å². The molecule has 1 aromatic heterocycles. The third kappa shape index (κ3) is 5.37. The number of aliphatic hydroxyl groups is 1. The Hall–Kier alpha value is -3.56. The minimum Gasteiger partial charge on any atom is -0.365 e. The minimum absolute atomic E-state index is 0.386. The van der Waals surface area contributed by atoms with E-state index in [0.717, 1.165) is 18.5 Å². The van der Waals surface area contributed by atoms with Gasteiger partial charge >= 0.3 is 0 Å². The van der Waals surface area contributed by atoms with Crippen molar-refractivity contribution in [1.82, 2.24) is 25.3 Å². The van der Waals surface area contributed by atoms with Crippen LogP contribution in [0.25, 0.3) is 11.5 Å². The molecule has 2 heterocycles. The Morgan fingerprint density at radius 2 is 1.72 bits per heavy atom. The molecule has 0 bridgehead atoms. The van der Waals surface area contributed by atoms with Crippen LogP contribution in [0.1, 0.15) is 22.6 Å². The number of hydrogen-bond acceptors (Lipinski definition) is 7.